The van der Waals surface area contributed by atoms with Crippen molar-refractivity contribution < 1.29 is 14.4 Å². The number of aliphatic hydroxyl groups excluding tert-OH is 1. The van der Waals surface area contributed by atoms with E-state index in [1.807, 2.05) is 0 Å². The van der Waals surface area contributed by atoms with Crippen molar-refractivity contribution in [1.29, 1.82) is 0 Å². The fourth-order valence-corrected chi connectivity index (χ4v) is 1.59. The van der Waals surface area contributed by atoms with Crippen LogP contribution in [0.3, 0.4) is 0 Å². The number of hydrogen-bond acceptors (Lipinski definition) is 5. The molecule has 2 rings (SSSR count). The van der Waals surface area contributed by atoms with Crippen molar-refractivity contribution in [1.82, 2.24) is 15.0 Å². The number of nitro groups is 1. The van der Waals surface area contributed by atoms with Gasteiger partial charge >= 0.3 is 0 Å². The Balaban J connectivity index is 2.47. The third-order valence-corrected chi connectivity index (χ3v) is 2.62. The van der Waals surface area contributed by atoms with Crippen LogP contribution in [0.25, 0.3) is 5.69 Å². The van der Waals surface area contributed by atoms with E-state index in [9.17, 15) is 19.6 Å². The fourth-order valence-electron chi connectivity index (χ4n) is 1.59. The number of aromatic nitrogens is 3. The number of nitrogens with zero attached hydrogens (tertiary/aromatic N) is 4. The van der Waals surface area contributed by atoms with Crippen molar-refractivity contribution in [2.75, 3.05) is 0 Å². The van der Waals surface area contributed by atoms with Crippen LogP contribution in [-0.4, -0.2) is 25.0 Å². The maximum Gasteiger partial charge on any atom is 0.297 e. The van der Waals surface area contributed by atoms with Crippen LogP contribution < -0.4 is 0 Å². The molecular weight excluding hydrogens is 255 g/mol. The molecule has 100 valence electrons. The molecule has 1 aromatic carbocycles. The number of aliphatic hydroxyl groups is 1. The first-order valence-electron chi connectivity index (χ1n) is 5.57. The molecule has 1 atom stereocenters. The molecule has 1 unspecified atom stereocenters. The van der Waals surface area contributed by atoms with Crippen LogP contribution in [0.15, 0.2) is 24.4 Å². The maximum atomic E-state index is 13.0. The predicted molar refractivity (Wildman–Crippen MR) is 63.2 cm³/mol. The molecule has 0 amide bonds. The second kappa shape index (κ2) is 5.11. The lowest BCUT2D eigenvalue weighted by Crippen LogP contribution is -2.01. The molecule has 0 spiro atoms. The van der Waals surface area contributed by atoms with E-state index in [0.29, 0.717) is 12.1 Å². The Bertz CT molecular complexity index is 614. The molecule has 0 saturated heterocycles. The van der Waals surface area contributed by atoms with Crippen LogP contribution in [0.1, 0.15) is 25.1 Å². The van der Waals surface area contributed by atoms with E-state index in [1.165, 1.54) is 12.3 Å². The molecule has 2 aromatic rings. The molecule has 7 nitrogen and oxygen atoms in total. The Kier molecular flexibility index (Phi) is 3.52. The molecule has 0 saturated carbocycles. The van der Waals surface area contributed by atoms with Gasteiger partial charge in [-0.3, -0.25) is 10.1 Å². The highest BCUT2D eigenvalue weighted by Gasteiger charge is 2.19. The molecule has 1 aromatic heterocycles. The summed E-state index contributed by atoms with van der Waals surface area (Å²) >= 11 is 0. The molecular formula is C11H11FN4O3. The van der Waals surface area contributed by atoms with Crippen molar-refractivity contribution in [2.24, 2.45) is 0 Å². The van der Waals surface area contributed by atoms with Gasteiger partial charge in [-0.05, 0) is 18.6 Å². The van der Waals surface area contributed by atoms with Gasteiger partial charge in [-0.25, -0.2) is 9.07 Å². The quantitative estimate of drug-likeness (QED) is 0.672. The zero-order chi connectivity index (χ0) is 14.0. The Labute approximate surface area is 107 Å². The number of rotatable bonds is 4. The van der Waals surface area contributed by atoms with Gasteiger partial charge in [-0.2, -0.15) is 0 Å². The van der Waals surface area contributed by atoms with Crippen LogP contribution in [0.2, 0.25) is 0 Å². The monoisotopic (exact) mass is 266 g/mol. The van der Waals surface area contributed by atoms with Gasteiger partial charge in [-0.15, -0.1) is 5.10 Å². The minimum Gasteiger partial charge on any atom is -0.387 e. The molecule has 19 heavy (non-hydrogen) atoms. The summed E-state index contributed by atoms with van der Waals surface area (Å²) in [6, 6.07) is 3.15. The number of benzene rings is 1. The molecule has 1 N–H and O–H groups in total. The summed E-state index contributed by atoms with van der Waals surface area (Å²) in [6.07, 6.45) is 1.05. The first-order chi connectivity index (χ1) is 9.02. The zero-order valence-corrected chi connectivity index (χ0v) is 10.0. The Morgan fingerprint density at radius 1 is 1.58 bits per heavy atom. The highest BCUT2D eigenvalue weighted by atomic mass is 19.1. The van der Waals surface area contributed by atoms with Gasteiger partial charge in [0, 0.05) is 0 Å². The van der Waals surface area contributed by atoms with Crippen molar-refractivity contribution in [2.45, 2.75) is 19.4 Å². The molecule has 0 radical (unpaired) electrons. The summed E-state index contributed by atoms with van der Waals surface area (Å²) in [5.74, 6) is -0.704. The van der Waals surface area contributed by atoms with Gasteiger partial charge in [-0.1, -0.05) is 12.1 Å². The van der Waals surface area contributed by atoms with Gasteiger partial charge in [0.2, 0.25) is 0 Å². The molecule has 0 fully saturated rings. The van der Waals surface area contributed by atoms with E-state index in [1.54, 1.807) is 6.92 Å². The third kappa shape index (κ3) is 2.58. The predicted octanol–water partition coefficient (Wildman–Crippen LogP) is 1.76. The molecule has 0 bridgehead atoms. The minimum absolute atomic E-state index is 0.0912. The highest BCUT2D eigenvalue weighted by Crippen LogP contribution is 2.24. The molecule has 8 heteroatoms. The smallest absolute Gasteiger partial charge is 0.297 e. The summed E-state index contributed by atoms with van der Waals surface area (Å²) in [5.41, 5.74) is -0.0167. The van der Waals surface area contributed by atoms with E-state index < -0.39 is 22.5 Å². The normalized spacial score (nSPS) is 12.4. The highest BCUT2D eigenvalue weighted by molar-refractivity contribution is 5.51. The molecule has 1 heterocycles. The number of halogens is 1. The van der Waals surface area contributed by atoms with E-state index >= 15 is 0 Å². The van der Waals surface area contributed by atoms with Crippen molar-refractivity contribution in [3.05, 3.63) is 46.0 Å². The summed E-state index contributed by atoms with van der Waals surface area (Å²) in [4.78, 5) is 10.2. The third-order valence-electron chi connectivity index (χ3n) is 2.62. The van der Waals surface area contributed by atoms with Crippen LogP contribution in [0, 0.1) is 15.9 Å². The average Bonchev–Trinajstić information content (AvgIpc) is 2.87. The molecule has 0 aliphatic carbocycles. The standard InChI is InChI=1S/C11H11FN4O3/c1-2-11(17)8-6-15(14-13-8)9-4-3-7(12)5-10(9)16(18)19/h3-6,11,17H,2H2,1H3. The van der Waals surface area contributed by atoms with E-state index in [2.05, 4.69) is 10.3 Å². The average molecular weight is 266 g/mol. The molecule has 0 aliphatic rings. The van der Waals surface area contributed by atoms with Gasteiger partial charge in [0.05, 0.1) is 23.3 Å². The van der Waals surface area contributed by atoms with E-state index in [-0.39, 0.29) is 5.69 Å². The second-order valence-corrected chi connectivity index (χ2v) is 3.90. The summed E-state index contributed by atoms with van der Waals surface area (Å²) < 4.78 is 14.2. The number of nitro benzene ring substituents is 1. The van der Waals surface area contributed by atoms with Crippen LogP contribution in [0.4, 0.5) is 10.1 Å². The number of hydrogen-bond donors (Lipinski definition) is 1. The topological polar surface area (TPSA) is 94.1 Å². The van der Waals surface area contributed by atoms with Crippen molar-refractivity contribution in [3.63, 3.8) is 0 Å². The first kappa shape index (κ1) is 13.1. The van der Waals surface area contributed by atoms with Gasteiger partial charge < -0.3 is 5.11 Å². The molecule has 0 aliphatic heterocycles. The Morgan fingerprint density at radius 2 is 2.32 bits per heavy atom. The lowest BCUT2D eigenvalue weighted by molar-refractivity contribution is -0.384. The SMILES string of the molecule is CCC(O)c1cn(-c2ccc(F)cc2[N+](=O)[O-])nn1. The Hall–Kier alpha value is -2.35. The summed E-state index contributed by atoms with van der Waals surface area (Å²) in [6.45, 7) is 1.77. The lowest BCUT2D eigenvalue weighted by Gasteiger charge is -2.02. The van der Waals surface area contributed by atoms with Crippen LogP contribution >= 0.6 is 0 Å². The van der Waals surface area contributed by atoms with Crippen LogP contribution in [0.5, 0.6) is 0 Å². The van der Waals surface area contributed by atoms with Crippen LogP contribution in [-0.2, 0) is 0 Å². The summed E-state index contributed by atoms with van der Waals surface area (Å²) in [7, 11) is 0. The van der Waals surface area contributed by atoms with Gasteiger partial charge in [0.15, 0.2) is 0 Å². The van der Waals surface area contributed by atoms with Gasteiger partial charge in [0.1, 0.15) is 17.2 Å². The zero-order valence-electron chi connectivity index (χ0n) is 10.0. The maximum absolute atomic E-state index is 13.0. The lowest BCUT2D eigenvalue weighted by atomic mass is 10.2. The fraction of sp³-hybridized carbons (Fsp3) is 0.273. The van der Waals surface area contributed by atoms with Crippen molar-refractivity contribution in [3.8, 4) is 5.69 Å². The second-order valence-electron chi connectivity index (χ2n) is 3.90. The Morgan fingerprint density at radius 3 is 2.95 bits per heavy atom. The summed E-state index contributed by atoms with van der Waals surface area (Å²) in [5, 5.41) is 27.9. The largest absolute Gasteiger partial charge is 0.387 e. The van der Waals surface area contributed by atoms with E-state index in [0.717, 1.165) is 16.8 Å². The van der Waals surface area contributed by atoms with Crippen molar-refractivity contribution >= 4 is 5.69 Å². The minimum atomic E-state index is -0.784. The first-order valence-corrected chi connectivity index (χ1v) is 5.57. The van der Waals surface area contributed by atoms with Gasteiger partial charge in [0.25, 0.3) is 5.69 Å². The van der Waals surface area contributed by atoms with E-state index in [4.69, 9.17) is 0 Å².